The van der Waals surface area contributed by atoms with Crippen LogP contribution in [0.25, 0.3) is 11.1 Å². The molecular weight excluding hydrogens is 430 g/mol. The van der Waals surface area contributed by atoms with E-state index in [1.54, 1.807) is 24.3 Å². The maximum absolute atomic E-state index is 13.2. The molecule has 0 saturated carbocycles. The minimum absolute atomic E-state index is 0.223. The van der Waals surface area contributed by atoms with Crippen LogP contribution in [0.3, 0.4) is 0 Å². The molecule has 1 aliphatic heterocycles. The maximum Gasteiger partial charge on any atom is 0.123 e. The first-order chi connectivity index (χ1) is 16.7. The van der Waals surface area contributed by atoms with Gasteiger partial charge in [0.25, 0.3) is 0 Å². The Labute approximate surface area is 198 Å². The topological polar surface area (TPSA) is 15.7 Å². The third-order valence-electron chi connectivity index (χ3n) is 6.06. The van der Waals surface area contributed by atoms with E-state index in [-0.39, 0.29) is 11.6 Å². The zero-order valence-electron chi connectivity index (χ0n) is 18.8. The van der Waals surface area contributed by atoms with Crippen molar-refractivity contribution in [3.05, 3.63) is 114 Å². The summed E-state index contributed by atoms with van der Waals surface area (Å²) in [4.78, 5) is 4.75. The Morgan fingerprint density at radius 2 is 1.21 bits per heavy atom. The molecule has 1 aliphatic rings. The number of anilines is 2. The van der Waals surface area contributed by atoms with E-state index in [1.165, 1.54) is 41.2 Å². The van der Waals surface area contributed by atoms with E-state index in [2.05, 4.69) is 58.3 Å². The number of hydrogen-bond acceptors (Lipinski definition) is 3. The predicted molar refractivity (Wildman–Crippen MR) is 133 cm³/mol. The minimum Gasteiger partial charge on any atom is -0.494 e. The van der Waals surface area contributed by atoms with E-state index < -0.39 is 0 Å². The standard InChI is InChI=1S/C29H26F2N2O/c30-25-12-10-24(11-13-25)23-8-6-22(7-9-23)20-33-21-32(28-4-1-2-5-29(28)33)18-3-19-34-27-16-14-26(31)15-17-27/h1-2,4-17H,3,18-21H2. The second-order valence-electron chi connectivity index (χ2n) is 8.45. The van der Waals surface area contributed by atoms with Gasteiger partial charge in [-0.25, -0.2) is 8.78 Å². The highest BCUT2D eigenvalue weighted by Crippen LogP contribution is 2.36. The Morgan fingerprint density at radius 1 is 0.647 bits per heavy atom. The first kappa shape index (κ1) is 22.0. The quantitative estimate of drug-likeness (QED) is 0.269. The average molecular weight is 457 g/mol. The van der Waals surface area contributed by atoms with E-state index >= 15 is 0 Å². The number of fused-ring (bicyclic) bond motifs is 1. The zero-order chi connectivity index (χ0) is 23.3. The van der Waals surface area contributed by atoms with Gasteiger partial charge < -0.3 is 14.5 Å². The van der Waals surface area contributed by atoms with Gasteiger partial charge in [-0.3, -0.25) is 0 Å². The number of benzene rings is 4. The molecule has 0 fully saturated rings. The van der Waals surface area contributed by atoms with Gasteiger partial charge in [0.15, 0.2) is 0 Å². The molecule has 0 amide bonds. The molecule has 0 radical (unpaired) electrons. The van der Waals surface area contributed by atoms with Gasteiger partial charge in [-0.15, -0.1) is 0 Å². The number of hydrogen-bond donors (Lipinski definition) is 0. The third kappa shape index (κ3) is 5.04. The maximum atomic E-state index is 13.2. The SMILES string of the molecule is Fc1ccc(OCCCN2CN(Cc3ccc(-c4ccc(F)cc4)cc3)c3ccccc32)cc1. The Morgan fingerprint density at radius 3 is 1.85 bits per heavy atom. The molecule has 5 heteroatoms. The molecule has 0 bridgehead atoms. The van der Waals surface area contributed by atoms with Crippen LogP contribution < -0.4 is 14.5 Å². The van der Waals surface area contributed by atoms with Gasteiger partial charge in [-0.1, -0.05) is 48.5 Å². The lowest BCUT2D eigenvalue weighted by Crippen LogP contribution is -2.31. The predicted octanol–water partition coefficient (Wildman–Crippen LogP) is 6.89. The van der Waals surface area contributed by atoms with Gasteiger partial charge in [0.1, 0.15) is 17.4 Å². The summed E-state index contributed by atoms with van der Waals surface area (Å²) in [5.41, 5.74) is 5.76. The lowest BCUT2D eigenvalue weighted by Gasteiger charge is -2.22. The molecule has 34 heavy (non-hydrogen) atoms. The Balaban J connectivity index is 1.20. The van der Waals surface area contributed by atoms with Crippen molar-refractivity contribution >= 4 is 11.4 Å². The summed E-state index contributed by atoms with van der Waals surface area (Å²) in [6.45, 7) is 3.08. The molecule has 0 N–H and O–H groups in total. The summed E-state index contributed by atoms with van der Waals surface area (Å²) in [5.74, 6) is 0.208. The minimum atomic E-state index is -0.258. The summed E-state index contributed by atoms with van der Waals surface area (Å²) in [6.07, 6.45) is 0.867. The van der Waals surface area contributed by atoms with Crippen molar-refractivity contribution in [3.8, 4) is 16.9 Å². The van der Waals surface area contributed by atoms with Crippen LogP contribution in [0.15, 0.2) is 97.1 Å². The third-order valence-corrected chi connectivity index (χ3v) is 6.06. The molecule has 0 unspecified atom stereocenters. The zero-order valence-corrected chi connectivity index (χ0v) is 18.8. The van der Waals surface area contributed by atoms with Gasteiger partial charge in [-0.2, -0.15) is 0 Å². The van der Waals surface area contributed by atoms with Crippen LogP contribution in [0.5, 0.6) is 5.75 Å². The van der Waals surface area contributed by atoms with E-state index in [0.29, 0.717) is 12.4 Å². The van der Waals surface area contributed by atoms with Crippen LogP contribution in [-0.4, -0.2) is 19.8 Å². The van der Waals surface area contributed by atoms with Crippen molar-refractivity contribution in [1.29, 1.82) is 0 Å². The van der Waals surface area contributed by atoms with Gasteiger partial charge in [-0.05, 0) is 71.6 Å². The Bertz CT molecular complexity index is 1220. The van der Waals surface area contributed by atoms with E-state index in [4.69, 9.17) is 4.74 Å². The molecule has 172 valence electrons. The van der Waals surface area contributed by atoms with Crippen molar-refractivity contribution in [3.63, 3.8) is 0 Å². The highest BCUT2D eigenvalue weighted by Gasteiger charge is 2.25. The van der Waals surface area contributed by atoms with Crippen molar-refractivity contribution < 1.29 is 13.5 Å². The summed E-state index contributed by atoms with van der Waals surface area (Å²) in [7, 11) is 0. The summed E-state index contributed by atoms with van der Waals surface area (Å²) in [6, 6.07) is 29.7. The fraction of sp³-hybridized carbons (Fsp3) is 0.172. The molecule has 1 heterocycles. The number of rotatable bonds is 8. The van der Waals surface area contributed by atoms with Crippen LogP contribution in [0.1, 0.15) is 12.0 Å². The van der Waals surface area contributed by atoms with Crippen LogP contribution in [0.4, 0.5) is 20.2 Å². The number of nitrogens with zero attached hydrogens (tertiary/aromatic N) is 2. The Hall–Kier alpha value is -3.86. The van der Waals surface area contributed by atoms with Gasteiger partial charge in [0.05, 0.1) is 24.7 Å². The first-order valence-electron chi connectivity index (χ1n) is 11.5. The smallest absolute Gasteiger partial charge is 0.123 e. The molecular formula is C29H26F2N2O. The lowest BCUT2D eigenvalue weighted by molar-refractivity contribution is 0.311. The summed E-state index contributed by atoms with van der Waals surface area (Å²) < 4.78 is 32.0. The van der Waals surface area contributed by atoms with E-state index in [9.17, 15) is 8.78 Å². The number of halogens is 2. The second kappa shape index (κ2) is 9.96. The molecule has 0 aromatic heterocycles. The summed E-state index contributed by atoms with van der Waals surface area (Å²) in [5, 5.41) is 0. The van der Waals surface area contributed by atoms with Crippen molar-refractivity contribution in [1.82, 2.24) is 0 Å². The van der Waals surface area contributed by atoms with Gasteiger partial charge in [0, 0.05) is 13.1 Å². The van der Waals surface area contributed by atoms with Crippen molar-refractivity contribution in [2.45, 2.75) is 13.0 Å². The van der Waals surface area contributed by atoms with Crippen LogP contribution in [-0.2, 0) is 6.54 Å². The largest absolute Gasteiger partial charge is 0.494 e. The molecule has 5 rings (SSSR count). The Kier molecular flexibility index (Phi) is 6.43. The molecule has 0 aliphatic carbocycles. The van der Waals surface area contributed by atoms with Crippen molar-refractivity contribution in [2.24, 2.45) is 0 Å². The fourth-order valence-corrected chi connectivity index (χ4v) is 4.33. The van der Waals surface area contributed by atoms with E-state index in [0.717, 1.165) is 37.3 Å². The number of ether oxygens (including phenoxy) is 1. The monoisotopic (exact) mass is 456 g/mol. The van der Waals surface area contributed by atoms with E-state index in [1.807, 2.05) is 0 Å². The highest BCUT2D eigenvalue weighted by atomic mass is 19.1. The second-order valence-corrected chi connectivity index (χ2v) is 8.45. The molecule has 3 nitrogen and oxygen atoms in total. The number of para-hydroxylation sites is 2. The highest BCUT2D eigenvalue weighted by molar-refractivity contribution is 5.76. The molecule has 4 aromatic rings. The van der Waals surface area contributed by atoms with Gasteiger partial charge >= 0.3 is 0 Å². The lowest BCUT2D eigenvalue weighted by atomic mass is 10.0. The molecule has 4 aromatic carbocycles. The normalized spacial score (nSPS) is 12.6. The van der Waals surface area contributed by atoms with Gasteiger partial charge in [0.2, 0.25) is 0 Å². The van der Waals surface area contributed by atoms with Crippen LogP contribution in [0.2, 0.25) is 0 Å². The first-order valence-corrected chi connectivity index (χ1v) is 11.5. The van der Waals surface area contributed by atoms with Crippen LogP contribution in [0, 0.1) is 11.6 Å². The fourth-order valence-electron chi connectivity index (χ4n) is 4.33. The molecule has 0 spiro atoms. The van der Waals surface area contributed by atoms with Crippen molar-refractivity contribution in [2.75, 3.05) is 29.6 Å². The molecule has 0 saturated heterocycles. The summed E-state index contributed by atoms with van der Waals surface area (Å²) >= 11 is 0. The average Bonchev–Trinajstić information content (AvgIpc) is 3.21. The molecule has 0 atom stereocenters. The van der Waals surface area contributed by atoms with Crippen LogP contribution >= 0.6 is 0 Å².